The lowest BCUT2D eigenvalue weighted by Crippen LogP contribution is -2.51. The number of carboxylic acid groups (broad SMARTS) is 1. The first kappa shape index (κ1) is 14.9. The molecule has 2 heterocycles. The second kappa shape index (κ2) is 5.13. The van der Waals surface area contributed by atoms with E-state index < -0.39 is 11.5 Å². The molecule has 2 rings (SSSR count). The molecule has 0 spiro atoms. The van der Waals surface area contributed by atoms with Crippen molar-refractivity contribution in [2.45, 2.75) is 45.2 Å². The fraction of sp³-hybridized carbons (Fsp3) is 0.571. The molecule has 20 heavy (non-hydrogen) atoms. The number of rotatable bonds is 3. The molecule has 0 aromatic carbocycles. The third kappa shape index (κ3) is 2.30. The highest BCUT2D eigenvalue weighted by Gasteiger charge is 2.46. The minimum atomic E-state index is -1.13. The van der Waals surface area contributed by atoms with Gasteiger partial charge in [-0.15, -0.1) is 0 Å². The first-order valence-electron chi connectivity index (χ1n) is 6.70. The van der Waals surface area contributed by atoms with Gasteiger partial charge in [0.05, 0.1) is 5.02 Å². The molecule has 1 fully saturated rings. The largest absolute Gasteiger partial charge is 0.480 e. The number of carbonyl (C=O) groups excluding carboxylic acids is 1. The molecule has 0 radical (unpaired) electrons. The van der Waals surface area contributed by atoms with Gasteiger partial charge in [-0.3, -0.25) is 4.79 Å². The number of amides is 1. The highest BCUT2D eigenvalue weighted by molar-refractivity contribution is 6.31. The van der Waals surface area contributed by atoms with Crippen LogP contribution in [0.15, 0.2) is 12.3 Å². The maximum atomic E-state index is 12.7. The summed E-state index contributed by atoms with van der Waals surface area (Å²) in [5.41, 5.74) is -0.685. The Morgan fingerprint density at radius 2 is 2.10 bits per heavy atom. The number of carbonyl (C=O) groups is 2. The fourth-order valence-corrected chi connectivity index (χ4v) is 2.90. The summed E-state index contributed by atoms with van der Waals surface area (Å²) >= 11 is 5.99. The Hall–Kier alpha value is -1.49. The van der Waals surface area contributed by atoms with Gasteiger partial charge in [0.25, 0.3) is 5.91 Å². The number of halogens is 1. The summed E-state index contributed by atoms with van der Waals surface area (Å²) in [6.07, 6.45) is 2.88. The van der Waals surface area contributed by atoms with Crippen LogP contribution in [0.2, 0.25) is 5.02 Å². The maximum Gasteiger partial charge on any atom is 0.329 e. The van der Waals surface area contributed by atoms with E-state index in [0.717, 1.165) is 0 Å². The van der Waals surface area contributed by atoms with Gasteiger partial charge < -0.3 is 14.6 Å². The van der Waals surface area contributed by atoms with Crippen molar-refractivity contribution in [1.29, 1.82) is 0 Å². The molecule has 1 unspecified atom stereocenters. The van der Waals surface area contributed by atoms with Crippen LogP contribution in [0.3, 0.4) is 0 Å². The van der Waals surface area contributed by atoms with Crippen molar-refractivity contribution in [2.75, 3.05) is 6.54 Å². The smallest absolute Gasteiger partial charge is 0.329 e. The lowest BCUT2D eigenvalue weighted by Gasteiger charge is -2.31. The number of aliphatic carboxylic acids is 1. The van der Waals surface area contributed by atoms with Gasteiger partial charge in [0.15, 0.2) is 0 Å². The van der Waals surface area contributed by atoms with E-state index in [2.05, 4.69) is 0 Å². The zero-order chi connectivity index (χ0) is 15.1. The zero-order valence-corrected chi connectivity index (χ0v) is 12.6. The van der Waals surface area contributed by atoms with E-state index in [0.29, 0.717) is 30.1 Å². The third-order valence-electron chi connectivity index (χ3n) is 3.94. The summed E-state index contributed by atoms with van der Waals surface area (Å²) in [4.78, 5) is 25.6. The standard InChI is InChI=1S/C14H19ClN2O3/c1-9(2)16-8-10(15)7-11(16)12(18)17-6-4-5-14(17,3)13(19)20/h7-9H,4-6H2,1-3H3,(H,19,20). The Kier molecular flexibility index (Phi) is 3.82. The first-order chi connectivity index (χ1) is 9.27. The van der Waals surface area contributed by atoms with Crippen molar-refractivity contribution in [2.24, 2.45) is 0 Å². The summed E-state index contributed by atoms with van der Waals surface area (Å²) in [6, 6.07) is 1.69. The predicted octanol–water partition coefficient (Wildman–Crippen LogP) is 2.80. The highest BCUT2D eigenvalue weighted by atomic mass is 35.5. The second-order valence-corrected chi connectivity index (χ2v) is 6.12. The number of nitrogens with zero attached hydrogens (tertiary/aromatic N) is 2. The molecule has 0 bridgehead atoms. The molecule has 1 N–H and O–H groups in total. The van der Waals surface area contributed by atoms with Crippen molar-refractivity contribution in [3.8, 4) is 0 Å². The molecule has 110 valence electrons. The van der Waals surface area contributed by atoms with E-state index >= 15 is 0 Å². The normalized spacial score (nSPS) is 22.6. The van der Waals surface area contributed by atoms with Gasteiger partial charge in [-0.05, 0) is 39.7 Å². The van der Waals surface area contributed by atoms with Crippen LogP contribution in [0, 0.1) is 0 Å². The van der Waals surface area contributed by atoms with Crippen LogP contribution in [0.5, 0.6) is 0 Å². The van der Waals surface area contributed by atoms with Gasteiger partial charge in [0.1, 0.15) is 11.2 Å². The van der Waals surface area contributed by atoms with Gasteiger partial charge >= 0.3 is 5.97 Å². The average Bonchev–Trinajstić information content (AvgIpc) is 2.93. The van der Waals surface area contributed by atoms with Crippen LogP contribution in [-0.2, 0) is 4.79 Å². The Labute approximate surface area is 123 Å². The Morgan fingerprint density at radius 1 is 1.45 bits per heavy atom. The topological polar surface area (TPSA) is 62.5 Å². The Morgan fingerprint density at radius 3 is 2.65 bits per heavy atom. The van der Waals surface area contributed by atoms with Crippen LogP contribution in [0.1, 0.15) is 50.1 Å². The molecule has 1 aromatic heterocycles. The van der Waals surface area contributed by atoms with Crippen LogP contribution in [0.25, 0.3) is 0 Å². The SMILES string of the molecule is CC(C)n1cc(Cl)cc1C(=O)N1CCCC1(C)C(=O)O. The number of carboxylic acids is 1. The monoisotopic (exact) mass is 298 g/mol. The van der Waals surface area contributed by atoms with Crippen molar-refractivity contribution < 1.29 is 14.7 Å². The van der Waals surface area contributed by atoms with Crippen LogP contribution in [-0.4, -0.2) is 38.5 Å². The first-order valence-corrected chi connectivity index (χ1v) is 7.08. The molecule has 1 aromatic rings. The van der Waals surface area contributed by atoms with Crippen LogP contribution in [0.4, 0.5) is 0 Å². The van der Waals surface area contributed by atoms with Crippen LogP contribution < -0.4 is 0 Å². The molecule has 1 amide bonds. The third-order valence-corrected chi connectivity index (χ3v) is 4.14. The second-order valence-electron chi connectivity index (χ2n) is 5.68. The van der Waals surface area contributed by atoms with Crippen LogP contribution >= 0.6 is 11.6 Å². The quantitative estimate of drug-likeness (QED) is 0.933. The van der Waals surface area contributed by atoms with E-state index in [1.807, 2.05) is 13.8 Å². The van der Waals surface area contributed by atoms with Gasteiger partial charge in [0.2, 0.25) is 0 Å². The minimum Gasteiger partial charge on any atom is -0.480 e. The summed E-state index contributed by atoms with van der Waals surface area (Å²) in [5, 5.41) is 9.88. The maximum absolute atomic E-state index is 12.7. The number of likely N-dealkylation sites (tertiary alicyclic amines) is 1. The molecule has 6 heteroatoms. The number of hydrogen-bond acceptors (Lipinski definition) is 2. The summed E-state index contributed by atoms with van der Waals surface area (Å²) in [7, 11) is 0. The molecule has 1 atom stereocenters. The molecule has 0 aliphatic carbocycles. The van der Waals surface area contributed by atoms with Crippen molar-refractivity contribution in [1.82, 2.24) is 9.47 Å². The average molecular weight is 299 g/mol. The Bertz CT molecular complexity index is 553. The van der Waals surface area contributed by atoms with Crippen molar-refractivity contribution >= 4 is 23.5 Å². The minimum absolute atomic E-state index is 0.0835. The molecule has 1 aliphatic rings. The van der Waals surface area contributed by atoms with E-state index in [1.165, 1.54) is 4.90 Å². The Balaban J connectivity index is 2.39. The highest BCUT2D eigenvalue weighted by Crippen LogP contribution is 2.32. The van der Waals surface area contributed by atoms with Gasteiger partial charge in [0, 0.05) is 18.8 Å². The van der Waals surface area contributed by atoms with E-state index in [-0.39, 0.29) is 11.9 Å². The summed E-state index contributed by atoms with van der Waals surface area (Å²) in [5.74, 6) is -1.23. The van der Waals surface area contributed by atoms with E-state index in [9.17, 15) is 14.7 Å². The van der Waals surface area contributed by atoms with Crippen molar-refractivity contribution in [3.05, 3.63) is 23.0 Å². The van der Waals surface area contributed by atoms with Crippen molar-refractivity contribution in [3.63, 3.8) is 0 Å². The number of hydrogen-bond donors (Lipinski definition) is 1. The van der Waals surface area contributed by atoms with Gasteiger partial charge in [-0.2, -0.15) is 0 Å². The van der Waals surface area contributed by atoms with Gasteiger partial charge in [-0.1, -0.05) is 11.6 Å². The lowest BCUT2D eigenvalue weighted by atomic mass is 9.99. The molecule has 1 aliphatic heterocycles. The predicted molar refractivity (Wildman–Crippen MR) is 76.1 cm³/mol. The lowest BCUT2D eigenvalue weighted by molar-refractivity contribution is -0.147. The van der Waals surface area contributed by atoms with E-state index in [1.54, 1.807) is 23.8 Å². The molecule has 5 nitrogen and oxygen atoms in total. The molecular weight excluding hydrogens is 280 g/mol. The molecular formula is C14H19ClN2O3. The van der Waals surface area contributed by atoms with Gasteiger partial charge in [-0.25, -0.2) is 4.79 Å². The fourth-order valence-electron chi connectivity index (χ4n) is 2.69. The van der Waals surface area contributed by atoms with E-state index in [4.69, 9.17) is 11.6 Å². The molecule has 0 saturated carbocycles. The number of aromatic nitrogens is 1. The summed E-state index contributed by atoms with van der Waals surface area (Å²) < 4.78 is 1.78. The summed E-state index contributed by atoms with van der Waals surface area (Å²) in [6.45, 7) is 5.97. The zero-order valence-electron chi connectivity index (χ0n) is 11.9. The molecule has 1 saturated heterocycles.